The topological polar surface area (TPSA) is 47.6 Å². The molecule has 0 saturated carbocycles. The summed E-state index contributed by atoms with van der Waals surface area (Å²) in [6, 6.07) is 10.3. The molecule has 0 spiro atoms. The van der Waals surface area contributed by atoms with Crippen molar-refractivity contribution >= 4 is 6.21 Å². The predicted molar refractivity (Wildman–Crippen MR) is 67.7 cm³/mol. The minimum absolute atomic E-state index is 0.449. The van der Waals surface area contributed by atoms with E-state index in [0.717, 1.165) is 13.0 Å². The first-order valence-corrected chi connectivity index (χ1v) is 5.30. The summed E-state index contributed by atoms with van der Waals surface area (Å²) in [5.74, 6) is 0. The van der Waals surface area contributed by atoms with Crippen molar-refractivity contribution in [3.8, 4) is 0 Å². The van der Waals surface area contributed by atoms with E-state index in [2.05, 4.69) is 17.1 Å². The number of rotatable bonds is 6. The second kappa shape index (κ2) is 7.65. The van der Waals surface area contributed by atoms with Gasteiger partial charge in [-0.1, -0.05) is 30.3 Å². The maximum atomic E-state index is 5.62. The second-order valence-corrected chi connectivity index (χ2v) is 3.47. The molecular formula is C13H18N2O. The normalized spacial score (nSPS) is 12.2. The molecule has 1 rings (SSSR count). The standard InChI is InChI=1S/C13H18N2O/c1-16-11-13(14)8-10-15-9-7-12-5-3-2-4-6-12/h2-6,8,10H,7,9,11,14H2,1H3. The zero-order chi connectivity index (χ0) is 11.6. The fourth-order valence-electron chi connectivity index (χ4n) is 1.28. The molecule has 86 valence electrons. The van der Waals surface area contributed by atoms with Crippen molar-refractivity contribution < 1.29 is 4.74 Å². The molecule has 0 aliphatic carbocycles. The second-order valence-electron chi connectivity index (χ2n) is 3.47. The number of nitrogens with two attached hydrogens (primary N) is 1. The van der Waals surface area contributed by atoms with Gasteiger partial charge in [-0.05, 0) is 18.1 Å². The van der Waals surface area contributed by atoms with E-state index in [1.807, 2.05) is 18.2 Å². The Kier molecular flexibility index (Phi) is 5.96. The summed E-state index contributed by atoms with van der Waals surface area (Å²) in [6.45, 7) is 1.23. The summed E-state index contributed by atoms with van der Waals surface area (Å²) >= 11 is 0. The van der Waals surface area contributed by atoms with Gasteiger partial charge in [-0.2, -0.15) is 0 Å². The van der Waals surface area contributed by atoms with Gasteiger partial charge in [-0.15, -0.1) is 0 Å². The Balaban J connectivity index is 2.25. The van der Waals surface area contributed by atoms with Crippen molar-refractivity contribution in [1.82, 2.24) is 0 Å². The fraction of sp³-hybridized carbons (Fsp3) is 0.308. The van der Waals surface area contributed by atoms with Crippen molar-refractivity contribution in [1.29, 1.82) is 0 Å². The Hall–Kier alpha value is -1.61. The van der Waals surface area contributed by atoms with Crippen molar-refractivity contribution in [2.24, 2.45) is 10.7 Å². The van der Waals surface area contributed by atoms with E-state index in [-0.39, 0.29) is 0 Å². The van der Waals surface area contributed by atoms with Gasteiger partial charge in [0.05, 0.1) is 6.61 Å². The zero-order valence-corrected chi connectivity index (χ0v) is 9.60. The average Bonchev–Trinajstić information content (AvgIpc) is 2.30. The fourth-order valence-corrected chi connectivity index (χ4v) is 1.28. The highest BCUT2D eigenvalue weighted by molar-refractivity contribution is 5.71. The first kappa shape index (κ1) is 12.5. The van der Waals surface area contributed by atoms with Crippen LogP contribution in [0.5, 0.6) is 0 Å². The summed E-state index contributed by atoms with van der Waals surface area (Å²) < 4.78 is 4.88. The predicted octanol–water partition coefficient (Wildman–Crippen LogP) is 1.79. The Morgan fingerprint density at radius 3 is 2.81 bits per heavy atom. The number of nitrogens with zero attached hydrogens (tertiary/aromatic N) is 1. The molecule has 1 aromatic rings. The lowest BCUT2D eigenvalue weighted by atomic mass is 10.2. The molecule has 0 aliphatic rings. The van der Waals surface area contributed by atoms with E-state index < -0.39 is 0 Å². The quantitative estimate of drug-likeness (QED) is 0.740. The summed E-state index contributed by atoms with van der Waals surface area (Å²) in [4.78, 5) is 4.25. The van der Waals surface area contributed by atoms with Crippen LogP contribution in [-0.2, 0) is 11.2 Å². The highest BCUT2D eigenvalue weighted by atomic mass is 16.5. The number of hydrogen-bond acceptors (Lipinski definition) is 3. The minimum Gasteiger partial charge on any atom is -0.400 e. The lowest BCUT2D eigenvalue weighted by molar-refractivity contribution is 0.225. The molecule has 3 heteroatoms. The van der Waals surface area contributed by atoms with Crippen LogP contribution >= 0.6 is 0 Å². The Labute approximate surface area is 96.6 Å². The van der Waals surface area contributed by atoms with E-state index in [1.54, 1.807) is 19.4 Å². The summed E-state index contributed by atoms with van der Waals surface area (Å²) in [5.41, 5.74) is 7.61. The number of benzene rings is 1. The van der Waals surface area contributed by atoms with E-state index in [0.29, 0.717) is 12.3 Å². The van der Waals surface area contributed by atoms with Crippen LogP contribution < -0.4 is 5.73 Å². The molecule has 3 nitrogen and oxygen atoms in total. The third-order valence-electron chi connectivity index (χ3n) is 2.08. The van der Waals surface area contributed by atoms with Crippen molar-refractivity contribution in [2.45, 2.75) is 6.42 Å². The monoisotopic (exact) mass is 218 g/mol. The van der Waals surface area contributed by atoms with E-state index in [1.165, 1.54) is 5.56 Å². The maximum absolute atomic E-state index is 5.62. The van der Waals surface area contributed by atoms with Gasteiger partial charge in [0.15, 0.2) is 0 Å². The largest absolute Gasteiger partial charge is 0.400 e. The molecule has 1 aromatic carbocycles. The Bertz CT molecular complexity index is 344. The van der Waals surface area contributed by atoms with E-state index in [9.17, 15) is 0 Å². The van der Waals surface area contributed by atoms with Crippen LogP contribution in [0, 0.1) is 0 Å². The number of aliphatic imine (C=N–C) groups is 1. The Morgan fingerprint density at radius 2 is 2.12 bits per heavy atom. The van der Waals surface area contributed by atoms with Crippen LogP contribution in [0.2, 0.25) is 0 Å². The van der Waals surface area contributed by atoms with Gasteiger partial charge in [0.1, 0.15) is 0 Å². The molecule has 0 saturated heterocycles. The number of hydrogen-bond donors (Lipinski definition) is 1. The molecule has 0 fully saturated rings. The molecule has 0 aromatic heterocycles. The number of ether oxygens (including phenoxy) is 1. The molecule has 0 unspecified atom stereocenters. The molecule has 2 N–H and O–H groups in total. The lowest BCUT2D eigenvalue weighted by Crippen LogP contribution is -2.04. The van der Waals surface area contributed by atoms with Crippen molar-refractivity contribution in [3.05, 3.63) is 47.7 Å². The molecule has 0 radical (unpaired) electrons. The molecular weight excluding hydrogens is 200 g/mol. The van der Waals surface area contributed by atoms with Gasteiger partial charge >= 0.3 is 0 Å². The molecule has 0 aliphatic heterocycles. The van der Waals surface area contributed by atoms with Crippen LogP contribution in [0.15, 0.2) is 47.1 Å². The third kappa shape index (κ3) is 5.32. The van der Waals surface area contributed by atoms with Crippen LogP contribution in [0.25, 0.3) is 0 Å². The van der Waals surface area contributed by atoms with Crippen LogP contribution in [0.4, 0.5) is 0 Å². The maximum Gasteiger partial charge on any atom is 0.0857 e. The first-order chi connectivity index (χ1) is 7.83. The Morgan fingerprint density at radius 1 is 1.38 bits per heavy atom. The number of methoxy groups -OCH3 is 1. The minimum atomic E-state index is 0.449. The van der Waals surface area contributed by atoms with Gasteiger partial charge in [-0.25, -0.2) is 0 Å². The third-order valence-corrected chi connectivity index (χ3v) is 2.08. The lowest BCUT2D eigenvalue weighted by Gasteiger charge is -1.97. The summed E-state index contributed by atoms with van der Waals surface area (Å²) in [6.07, 6.45) is 4.46. The van der Waals surface area contributed by atoms with Gasteiger partial charge < -0.3 is 10.5 Å². The van der Waals surface area contributed by atoms with Crippen molar-refractivity contribution in [3.63, 3.8) is 0 Å². The first-order valence-electron chi connectivity index (χ1n) is 5.30. The van der Waals surface area contributed by atoms with Gasteiger partial charge in [0.25, 0.3) is 0 Å². The van der Waals surface area contributed by atoms with E-state index >= 15 is 0 Å². The summed E-state index contributed by atoms with van der Waals surface area (Å²) in [7, 11) is 1.62. The zero-order valence-electron chi connectivity index (χ0n) is 9.60. The molecule has 0 amide bonds. The smallest absolute Gasteiger partial charge is 0.0857 e. The molecule has 0 atom stereocenters. The van der Waals surface area contributed by atoms with Gasteiger partial charge in [-0.3, -0.25) is 4.99 Å². The highest BCUT2D eigenvalue weighted by Crippen LogP contribution is 1.98. The van der Waals surface area contributed by atoms with Crippen molar-refractivity contribution in [2.75, 3.05) is 20.3 Å². The summed E-state index contributed by atoms with van der Waals surface area (Å²) in [5, 5.41) is 0. The SMILES string of the molecule is COCC(N)=CC=NCCc1ccccc1. The van der Waals surface area contributed by atoms with Crippen LogP contribution in [0.3, 0.4) is 0 Å². The molecule has 16 heavy (non-hydrogen) atoms. The molecule has 0 bridgehead atoms. The number of allylic oxidation sites excluding steroid dienone is 1. The van der Waals surface area contributed by atoms with Crippen LogP contribution in [0.1, 0.15) is 5.56 Å². The van der Waals surface area contributed by atoms with Crippen LogP contribution in [-0.4, -0.2) is 26.5 Å². The molecule has 0 heterocycles. The average molecular weight is 218 g/mol. The van der Waals surface area contributed by atoms with Gasteiger partial charge in [0.2, 0.25) is 0 Å². The van der Waals surface area contributed by atoms with Gasteiger partial charge in [0, 0.05) is 25.6 Å². The highest BCUT2D eigenvalue weighted by Gasteiger charge is 1.88. The van der Waals surface area contributed by atoms with E-state index in [4.69, 9.17) is 10.5 Å².